The Morgan fingerprint density at radius 3 is 2.50 bits per heavy atom. The summed E-state index contributed by atoms with van der Waals surface area (Å²) in [5.41, 5.74) is 1.05. The Balaban J connectivity index is 2.36. The lowest BCUT2D eigenvalue weighted by Crippen LogP contribution is -2.37. The van der Waals surface area contributed by atoms with E-state index in [0.717, 1.165) is 12.8 Å². The molecule has 0 radical (unpaired) electrons. The Kier molecular flexibility index (Phi) is 3.27. The largest absolute Gasteiger partial charge is 0.405 e. The summed E-state index contributed by atoms with van der Waals surface area (Å²) >= 11 is 0. The molecule has 1 fully saturated rings. The van der Waals surface area contributed by atoms with Crippen molar-refractivity contribution in [3.8, 4) is 0 Å². The second kappa shape index (κ2) is 4.46. The Morgan fingerprint density at radius 2 is 2.06 bits per heavy atom. The van der Waals surface area contributed by atoms with Crippen molar-refractivity contribution in [1.29, 1.82) is 0 Å². The first-order chi connectivity index (χ1) is 8.33. The van der Waals surface area contributed by atoms with E-state index < -0.39 is 12.7 Å². The van der Waals surface area contributed by atoms with Crippen LogP contribution in [-0.4, -0.2) is 33.6 Å². The maximum atomic E-state index is 12.6. The lowest BCUT2D eigenvalue weighted by atomic mass is 10.2. The van der Waals surface area contributed by atoms with E-state index in [1.807, 2.05) is 0 Å². The molecular weight excluding hydrogens is 247 g/mol. The number of nitrogens with zero attached hydrogens (tertiary/aromatic N) is 3. The monoisotopic (exact) mass is 263 g/mol. The number of aliphatic hydroxyl groups is 1. The van der Waals surface area contributed by atoms with E-state index in [9.17, 15) is 18.3 Å². The highest BCUT2D eigenvalue weighted by Crippen LogP contribution is 2.36. The van der Waals surface area contributed by atoms with E-state index in [0.29, 0.717) is 17.1 Å². The average molecular weight is 263 g/mol. The highest BCUT2D eigenvalue weighted by atomic mass is 19.4. The molecule has 2 rings (SSSR count). The summed E-state index contributed by atoms with van der Waals surface area (Å²) < 4.78 is 39.3. The summed E-state index contributed by atoms with van der Waals surface area (Å²) in [5, 5.41) is 13.4. The van der Waals surface area contributed by atoms with Crippen molar-refractivity contribution in [3.63, 3.8) is 0 Å². The summed E-state index contributed by atoms with van der Waals surface area (Å²) in [4.78, 5) is 1.31. The van der Waals surface area contributed by atoms with Crippen LogP contribution in [0.4, 0.5) is 19.0 Å². The van der Waals surface area contributed by atoms with E-state index in [1.165, 1.54) is 9.58 Å². The molecule has 1 saturated carbocycles. The van der Waals surface area contributed by atoms with Gasteiger partial charge in [-0.15, -0.1) is 0 Å². The number of hydrogen-bond donors (Lipinski definition) is 1. The first-order valence-corrected chi connectivity index (χ1v) is 5.80. The van der Waals surface area contributed by atoms with Crippen LogP contribution in [0.2, 0.25) is 0 Å². The minimum absolute atomic E-state index is 0.0910. The van der Waals surface area contributed by atoms with Crippen molar-refractivity contribution >= 4 is 5.82 Å². The minimum atomic E-state index is -4.26. The lowest BCUT2D eigenvalue weighted by Gasteiger charge is -2.26. The Labute approximate surface area is 103 Å². The number of hydrogen-bond acceptors (Lipinski definition) is 3. The molecule has 0 saturated heterocycles. The average Bonchev–Trinajstić information content (AvgIpc) is 3.00. The van der Waals surface area contributed by atoms with Gasteiger partial charge in [0.15, 0.2) is 0 Å². The van der Waals surface area contributed by atoms with Crippen molar-refractivity contribution in [2.24, 2.45) is 7.05 Å². The number of halogens is 3. The molecular formula is C11H16F3N3O. The summed E-state index contributed by atoms with van der Waals surface area (Å²) in [5.74, 6) is 0.384. The van der Waals surface area contributed by atoms with Gasteiger partial charge in [-0.3, -0.25) is 4.68 Å². The summed E-state index contributed by atoms with van der Waals surface area (Å²) in [6, 6.07) is -0.0910. The van der Waals surface area contributed by atoms with Crippen LogP contribution in [0, 0.1) is 6.92 Å². The SMILES string of the molecule is Cc1nn(C)c(N(CC(F)(F)F)C2CC2)c1CO. The van der Waals surface area contributed by atoms with E-state index in [2.05, 4.69) is 5.10 Å². The number of aromatic nitrogens is 2. The molecule has 1 heterocycles. The van der Waals surface area contributed by atoms with E-state index in [1.54, 1.807) is 14.0 Å². The van der Waals surface area contributed by atoms with Crippen LogP contribution in [-0.2, 0) is 13.7 Å². The van der Waals surface area contributed by atoms with Crippen molar-refractivity contribution in [1.82, 2.24) is 9.78 Å². The fourth-order valence-electron chi connectivity index (χ4n) is 2.19. The van der Waals surface area contributed by atoms with Crippen LogP contribution in [0.5, 0.6) is 0 Å². The normalized spacial score (nSPS) is 16.1. The van der Waals surface area contributed by atoms with Crippen LogP contribution in [0.1, 0.15) is 24.1 Å². The third-order valence-corrected chi connectivity index (χ3v) is 3.08. The van der Waals surface area contributed by atoms with Crippen LogP contribution >= 0.6 is 0 Å². The molecule has 1 aromatic rings. The van der Waals surface area contributed by atoms with Gasteiger partial charge in [0, 0.05) is 18.7 Å². The van der Waals surface area contributed by atoms with E-state index >= 15 is 0 Å². The highest BCUT2D eigenvalue weighted by molar-refractivity contribution is 5.52. The highest BCUT2D eigenvalue weighted by Gasteiger charge is 2.40. The van der Waals surface area contributed by atoms with E-state index in [4.69, 9.17) is 0 Å². The van der Waals surface area contributed by atoms with Gasteiger partial charge >= 0.3 is 6.18 Å². The first-order valence-electron chi connectivity index (χ1n) is 5.80. The second-order valence-electron chi connectivity index (χ2n) is 4.64. The van der Waals surface area contributed by atoms with Crippen molar-refractivity contribution in [2.75, 3.05) is 11.4 Å². The first kappa shape index (κ1) is 13.2. The predicted octanol–water partition coefficient (Wildman–Crippen LogP) is 1.75. The van der Waals surface area contributed by atoms with Gasteiger partial charge in [0.2, 0.25) is 0 Å². The second-order valence-corrected chi connectivity index (χ2v) is 4.64. The number of anilines is 1. The minimum Gasteiger partial charge on any atom is -0.391 e. The molecule has 4 nitrogen and oxygen atoms in total. The molecule has 1 aromatic heterocycles. The zero-order valence-electron chi connectivity index (χ0n) is 10.3. The third kappa shape index (κ3) is 2.60. The molecule has 1 aliphatic rings. The molecule has 1 aliphatic carbocycles. The summed E-state index contributed by atoms with van der Waals surface area (Å²) in [7, 11) is 1.60. The number of aliphatic hydroxyl groups excluding tert-OH is 1. The van der Waals surface area contributed by atoms with Crippen molar-refractivity contribution in [3.05, 3.63) is 11.3 Å². The fraction of sp³-hybridized carbons (Fsp3) is 0.727. The molecule has 7 heteroatoms. The van der Waals surface area contributed by atoms with Gasteiger partial charge in [0.05, 0.1) is 12.3 Å². The maximum absolute atomic E-state index is 12.6. The molecule has 0 aliphatic heterocycles. The Hall–Kier alpha value is -1.24. The smallest absolute Gasteiger partial charge is 0.391 e. The molecule has 0 spiro atoms. The molecule has 1 N–H and O–H groups in total. The van der Waals surface area contributed by atoms with Crippen LogP contribution in [0.15, 0.2) is 0 Å². The zero-order chi connectivity index (χ0) is 13.5. The van der Waals surface area contributed by atoms with Gasteiger partial charge in [-0.1, -0.05) is 0 Å². The fourth-order valence-corrected chi connectivity index (χ4v) is 2.19. The van der Waals surface area contributed by atoms with E-state index in [-0.39, 0.29) is 12.6 Å². The molecule has 0 aromatic carbocycles. The van der Waals surface area contributed by atoms with Crippen LogP contribution in [0.25, 0.3) is 0 Å². The molecule has 0 bridgehead atoms. The van der Waals surface area contributed by atoms with Gasteiger partial charge in [-0.2, -0.15) is 18.3 Å². The quantitative estimate of drug-likeness (QED) is 0.899. The zero-order valence-corrected chi connectivity index (χ0v) is 10.3. The summed E-state index contributed by atoms with van der Waals surface area (Å²) in [6.45, 7) is 0.396. The molecule has 0 unspecified atom stereocenters. The van der Waals surface area contributed by atoms with Crippen molar-refractivity contribution in [2.45, 2.75) is 38.6 Å². The third-order valence-electron chi connectivity index (χ3n) is 3.08. The van der Waals surface area contributed by atoms with Crippen LogP contribution < -0.4 is 4.90 Å². The molecule has 0 amide bonds. The predicted molar refractivity (Wildman–Crippen MR) is 60.3 cm³/mol. The molecule has 18 heavy (non-hydrogen) atoms. The van der Waals surface area contributed by atoms with Gasteiger partial charge < -0.3 is 10.0 Å². The van der Waals surface area contributed by atoms with Gasteiger partial charge in [-0.05, 0) is 19.8 Å². The number of aryl methyl sites for hydroxylation is 2. The number of rotatable bonds is 4. The molecule has 0 atom stereocenters. The van der Waals surface area contributed by atoms with Gasteiger partial charge in [0.25, 0.3) is 0 Å². The van der Waals surface area contributed by atoms with Gasteiger partial charge in [-0.25, -0.2) is 0 Å². The maximum Gasteiger partial charge on any atom is 0.405 e. The standard InChI is InChI=1S/C11H16F3N3O/c1-7-9(5-18)10(16(2)15-7)17(8-3-4-8)6-11(12,13)14/h8,18H,3-6H2,1-2H3. The number of alkyl halides is 3. The Bertz CT molecular complexity index is 437. The van der Waals surface area contributed by atoms with Crippen molar-refractivity contribution < 1.29 is 18.3 Å². The van der Waals surface area contributed by atoms with Gasteiger partial charge in [0.1, 0.15) is 12.4 Å². The summed E-state index contributed by atoms with van der Waals surface area (Å²) in [6.07, 6.45) is -2.75. The lowest BCUT2D eigenvalue weighted by molar-refractivity contribution is -0.120. The topological polar surface area (TPSA) is 41.3 Å². The van der Waals surface area contributed by atoms with Crippen LogP contribution in [0.3, 0.4) is 0 Å². The molecule has 102 valence electrons. The Morgan fingerprint density at radius 1 is 1.44 bits per heavy atom.